The molecule has 0 spiro atoms. The number of aryl methyl sites for hydroxylation is 3. The Balaban J connectivity index is 2.39. The van der Waals surface area contributed by atoms with E-state index in [0.717, 1.165) is 10.6 Å². The normalized spacial score (nSPS) is 12.5. The van der Waals surface area contributed by atoms with Gasteiger partial charge >= 0.3 is 0 Å². The molecule has 0 bridgehead atoms. The first-order chi connectivity index (χ1) is 8.52. The third kappa shape index (κ3) is 2.42. The third-order valence-electron chi connectivity index (χ3n) is 3.36. The molecule has 1 unspecified atom stereocenters. The molecule has 1 heterocycles. The number of rotatable bonds is 3. The predicted molar refractivity (Wildman–Crippen MR) is 77.6 cm³/mol. The molecule has 0 saturated heterocycles. The molecule has 2 nitrogen and oxygen atoms in total. The second kappa shape index (κ2) is 5.12. The summed E-state index contributed by atoms with van der Waals surface area (Å²) in [6.45, 7) is 6.37. The van der Waals surface area contributed by atoms with E-state index in [0.29, 0.717) is 0 Å². The molecule has 3 heteroatoms. The van der Waals surface area contributed by atoms with Crippen LogP contribution in [0.4, 0.5) is 0 Å². The molecule has 96 valence electrons. The molecular weight excluding hydrogens is 242 g/mol. The molecule has 2 aromatic rings. The first-order valence-electron chi connectivity index (χ1n) is 5.98. The van der Waals surface area contributed by atoms with Crippen LogP contribution in [0.5, 0.6) is 5.75 Å². The average Bonchev–Trinajstić information content (AvgIpc) is 2.81. The maximum atomic E-state index is 6.36. The van der Waals surface area contributed by atoms with Gasteiger partial charge in [-0.05, 0) is 49.1 Å². The minimum atomic E-state index is -0.0711. The summed E-state index contributed by atoms with van der Waals surface area (Å²) in [5.41, 5.74) is 11.4. The highest BCUT2D eigenvalue weighted by atomic mass is 32.1. The molecule has 0 radical (unpaired) electrons. The van der Waals surface area contributed by atoms with Crippen molar-refractivity contribution in [1.82, 2.24) is 0 Å². The van der Waals surface area contributed by atoms with E-state index in [2.05, 4.69) is 32.9 Å². The number of thiophene rings is 1. The molecule has 0 fully saturated rings. The second-order valence-corrected chi connectivity index (χ2v) is 5.60. The summed E-state index contributed by atoms with van der Waals surface area (Å²) in [5, 5.41) is 1.99. The van der Waals surface area contributed by atoms with Crippen molar-refractivity contribution >= 4 is 11.3 Å². The van der Waals surface area contributed by atoms with E-state index < -0.39 is 0 Å². The average molecular weight is 261 g/mol. The van der Waals surface area contributed by atoms with Crippen LogP contribution in [-0.2, 0) is 0 Å². The molecule has 18 heavy (non-hydrogen) atoms. The molecule has 1 aromatic heterocycles. The van der Waals surface area contributed by atoms with E-state index in [1.165, 1.54) is 22.3 Å². The van der Waals surface area contributed by atoms with Gasteiger partial charge in [0.05, 0.1) is 13.2 Å². The van der Waals surface area contributed by atoms with E-state index >= 15 is 0 Å². The van der Waals surface area contributed by atoms with Crippen LogP contribution in [0.3, 0.4) is 0 Å². The lowest BCUT2D eigenvalue weighted by Gasteiger charge is -2.15. The molecule has 0 aliphatic rings. The summed E-state index contributed by atoms with van der Waals surface area (Å²) >= 11 is 1.65. The van der Waals surface area contributed by atoms with Crippen LogP contribution in [0.2, 0.25) is 0 Å². The Hall–Kier alpha value is -1.32. The van der Waals surface area contributed by atoms with Crippen LogP contribution < -0.4 is 10.5 Å². The second-order valence-electron chi connectivity index (χ2n) is 4.66. The Morgan fingerprint density at radius 3 is 2.33 bits per heavy atom. The molecule has 0 saturated carbocycles. The van der Waals surface area contributed by atoms with E-state index in [4.69, 9.17) is 10.5 Å². The monoisotopic (exact) mass is 261 g/mol. The van der Waals surface area contributed by atoms with Gasteiger partial charge in [-0.2, -0.15) is 0 Å². The molecule has 1 atom stereocenters. The molecular formula is C15H19NOS. The fourth-order valence-electron chi connectivity index (χ4n) is 2.08. The summed E-state index contributed by atoms with van der Waals surface area (Å²) in [5.74, 6) is 0.881. The van der Waals surface area contributed by atoms with Crippen molar-refractivity contribution in [2.75, 3.05) is 7.11 Å². The Morgan fingerprint density at radius 2 is 1.72 bits per heavy atom. The minimum absolute atomic E-state index is 0.0711. The standard InChI is InChI=1S/C15H19NOS/c1-9-5-11(3)13(6-10(9)2)15(16)14-7-12(17-4)8-18-14/h5-8,15H,16H2,1-4H3. The number of methoxy groups -OCH3 is 1. The zero-order chi connectivity index (χ0) is 13.3. The largest absolute Gasteiger partial charge is 0.496 e. The highest BCUT2D eigenvalue weighted by molar-refractivity contribution is 7.10. The van der Waals surface area contributed by atoms with Crippen LogP contribution in [0, 0.1) is 20.8 Å². The SMILES string of the molecule is COc1csc(C(N)c2cc(C)c(C)cc2C)c1. The zero-order valence-electron chi connectivity index (χ0n) is 11.3. The molecule has 2 N–H and O–H groups in total. The molecule has 0 amide bonds. The van der Waals surface area contributed by atoms with Gasteiger partial charge in [-0.25, -0.2) is 0 Å². The van der Waals surface area contributed by atoms with Gasteiger partial charge in [-0.3, -0.25) is 0 Å². The van der Waals surface area contributed by atoms with Crippen molar-refractivity contribution in [3.63, 3.8) is 0 Å². The lowest BCUT2D eigenvalue weighted by atomic mass is 9.95. The van der Waals surface area contributed by atoms with Gasteiger partial charge in [0.1, 0.15) is 5.75 Å². The zero-order valence-corrected chi connectivity index (χ0v) is 12.1. The number of hydrogen-bond donors (Lipinski definition) is 1. The summed E-state index contributed by atoms with van der Waals surface area (Å²) < 4.78 is 5.21. The van der Waals surface area contributed by atoms with Crippen LogP contribution in [0.15, 0.2) is 23.6 Å². The predicted octanol–water partition coefficient (Wildman–Crippen LogP) is 3.73. The summed E-state index contributed by atoms with van der Waals surface area (Å²) in [6, 6.07) is 6.35. The first-order valence-corrected chi connectivity index (χ1v) is 6.86. The molecule has 2 rings (SSSR count). The van der Waals surface area contributed by atoms with E-state index in [1.807, 2.05) is 11.4 Å². The van der Waals surface area contributed by atoms with Crippen LogP contribution in [0.1, 0.15) is 33.2 Å². The van der Waals surface area contributed by atoms with Crippen molar-refractivity contribution < 1.29 is 4.74 Å². The Morgan fingerprint density at radius 1 is 1.06 bits per heavy atom. The van der Waals surface area contributed by atoms with Gasteiger partial charge in [-0.1, -0.05) is 12.1 Å². The summed E-state index contributed by atoms with van der Waals surface area (Å²) in [7, 11) is 1.68. The van der Waals surface area contributed by atoms with E-state index in [-0.39, 0.29) is 6.04 Å². The quantitative estimate of drug-likeness (QED) is 0.913. The van der Waals surface area contributed by atoms with Crippen molar-refractivity contribution in [3.8, 4) is 5.75 Å². The Bertz CT molecular complexity index is 560. The maximum absolute atomic E-state index is 6.36. The lowest BCUT2D eigenvalue weighted by molar-refractivity contribution is 0.416. The van der Waals surface area contributed by atoms with E-state index in [1.54, 1.807) is 18.4 Å². The van der Waals surface area contributed by atoms with E-state index in [9.17, 15) is 0 Å². The van der Waals surface area contributed by atoms with Crippen molar-refractivity contribution in [2.45, 2.75) is 26.8 Å². The fourth-order valence-corrected chi connectivity index (χ4v) is 2.95. The van der Waals surface area contributed by atoms with Gasteiger partial charge in [0.2, 0.25) is 0 Å². The third-order valence-corrected chi connectivity index (χ3v) is 4.35. The van der Waals surface area contributed by atoms with Crippen LogP contribution in [0.25, 0.3) is 0 Å². The number of hydrogen-bond acceptors (Lipinski definition) is 3. The minimum Gasteiger partial charge on any atom is -0.496 e. The molecule has 1 aromatic carbocycles. The van der Waals surface area contributed by atoms with Crippen molar-refractivity contribution in [3.05, 3.63) is 50.7 Å². The molecule has 0 aliphatic heterocycles. The highest BCUT2D eigenvalue weighted by Crippen LogP contribution is 2.31. The van der Waals surface area contributed by atoms with Gasteiger partial charge in [0.25, 0.3) is 0 Å². The Kier molecular flexibility index (Phi) is 3.73. The van der Waals surface area contributed by atoms with Gasteiger partial charge in [-0.15, -0.1) is 11.3 Å². The number of benzene rings is 1. The lowest BCUT2D eigenvalue weighted by Crippen LogP contribution is -2.12. The smallest absolute Gasteiger partial charge is 0.129 e. The summed E-state index contributed by atoms with van der Waals surface area (Å²) in [4.78, 5) is 1.14. The maximum Gasteiger partial charge on any atom is 0.129 e. The van der Waals surface area contributed by atoms with Crippen molar-refractivity contribution in [1.29, 1.82) is 0 Å². The Labute approximate surface area is 112 Å². The van der Waals surface area contributed by atoms with Gasteiger partial charge in [0.15, 0.2) is 0 Å². The first kappa shape index (κ1) is 13.1. The van der Waals surface area contributed by atoms with Gasteiger partial charge < -0.3 is 10.5 Å². The number of ether oxygens (including phenoxy) is 1. The number of nitrogens with two attached hydrogens (primary N) is 1. The summed E-state index contributed by atoms with van der Waals surface area (Å²) in [6.07, 6.45) is 0. The fraction of sp³-hybridized carbons (Fsp3) is 0.333. The topological polar surface area (TPSA) is 35.2 Å². The highest BCUT2D eigenvalue weighted by Gasteiger charge is 2.15. The van der Waals surface area contributed by atoms with Crippen LogP contribution >= 0.6 is 11.3 Å². The van der Waals surface area contributed by atoms with Crippen LogP contribution in [-0.4, -0.2) is 7.11 Å². The van der Waals surface area contributed by atoms with Gasteiger partial charge in [0, 0.05) is 10.3 Å². The molecule has 0 aliphatic carbocycles. The van der Waals surface area contributed by atoms with Crippen molar-refractivity contribution in [2.24, 2.45) is 5.73 Å².